The van der Waals surface area contributed by atoms with Gasteiger partial charge in [0.05, 0.1) is 11.2 Å². The van der Waals surface area contributed by atoms with E-state index in [1.54, 1.807) is 24.3 Å². The molecule has 0 saturated heterocycles. The molecule has 1 aliphatic heterocycles. The number of nitriles is 1. The van der Waals surface area contributed by atoms with Gasteiger partial charge in [-0.2, -0.15) is 13.7 Å². The molecule has 1 fully saturated rings. The Hall–Kier alpha value is -4.04. The molecule has 0 unspecified atom stereocenters. The SMILES string of the molecule is N#CCOc1ccc2c(c1)S(=O)(=O)N=C(c1c(O)c3ccccc3n(NCC3CC3)c1=O)N2. The van der Waals surface area contributed by atoms with Crippen molar-refractivity contribution in [3.05, 3.63) is 58.4 Å². The van der Waals surface area contributed by atoms with Crippen LogP contribution in [0.15, 0.2) is 56.6 Å². The van der Waals surface area contributed by atoms with E-state index >= 15 is 0 Å². The van der Waals surface area contributed by atoms with Crippen molar-refractivity contribution in [1.29, 1.82) is 5.26 Å². The average Bonchev–Trinajstić information content (AvgIpc) is 3.62. The molecule has 3 aromatic rings. The molecule has 10 nitrogen and oxygen atoms in total. The number of benzene rings is 2. The summed E-state index contributed by atoms with van der Waals surface area (Å²) in [5.41, 5.74) is 2.89. The van der Waals surface area contributed by atoms with Crippen LogP contribution in [0.2, 0.25) is 0 Å². The highest BCUT2D eigenvalue weighted by atomic mass is 32.2. The number of hydrogen-bond acceptors (Lipinski definition) is 8. The van der Waals surface area contributed by atoms with Crippen molar-refractivity contribution < 1.29 is 18.3 Å². The lowest BCUT2D eigenvalue weighted by Gasteiger charge is -2.21. The molecule has 2 heterocycles. The maximum atomic E-state index is 13.4. The van der Waals surface area contributed by atoms with Crippen molar-refractivity contribution >= 4 is 32.4 Å². The Morgan fingerprint density at radius 2 is 2.06 bits per heavy atom. The van der Waals surface area contributed by atoms with Crippen LogP contribution in [0.4, 0.5) is 5.69 Å². The van der Waals surface area contributed by atoms with Crippen molar-refractivity contribution in [3.8, 4) is 17.6 Å². The molecule has 0 atom stereocenters. The van der Waals surface area contributed by atoms with Crippen LogP contribution in [0.5, 0.6) is 11.5 Å². The first-order valence-electron chi connectivity index (χ1n) is 10.3. The molecule has 1 aromatic heterocycles. The van der Waals surface area contributed by atoms with Crippen molar-refractivity contribution in [2.24, 2.45) is 10.3 Å². The first-order chi connectivity index (χ1) is 15.9. The number of aromatic nitrogens is 1. The number of nitrogens with zero attached hydrogens (tertiary/aromatic N) is 3. The minimum Gasteiger partial charge on any atom is -0.506 e. The van der Waals surface area contributed by atoms with E-state index in [0.717, 1.165) is 12.8 Å². The molecule has 0 radical (unpaired) electrons. The number of nitrogens with one attached hydrogen (secondary N) is 2. The van der Waals surface area contributed by atoms with Gasteiger partial charge in [0.1, 0.15) is 28.0 Å². The molecule has 0 spiro atoms. The van der Waals surface area contributed by atoms with Gasteiger partial charge < -0.3 is 20.6 Å². The number of amidine groups is 1. The zero-order valence-corrected chi connectivity index (χ0v) is 18.1. The van der Waals surface area contributed by atoms with E-state index < -0.39 is 15.6 Å². The van der Waals surface area contributed by atoms with Crippen molar-refractivity contribution in [1.82, 2.24) is 4.68 Å². The molecule has 3 N–H and O–H groups in total. The molecule has 11 heteroatoms. The van der Waals surface area contributed by atoms with Gasteiger partial charge >= 0.3 is 0 Å². The van der Waals surface area contributed by atoms with Gasteiger partial charge in [-0.05, 0) is 43.0 Å². The minimum atomic E-state index is -4.22. The van der Waals surface area contributed by atoms with E-state index in [4.69, 9.17) is 10.00 Å². The number of para-hydroxylation sites is 1. The molecule has 168 valence electrons. The summed E-state index contributed by atoms with van der Waals surface area (Å²) in [6, 6.07) is 12.8. The summed E-state index contributed by atoms with van der Waals surface area (Å²) in [6.07, 6.45) is 2.15. The summed E-state index contributed by atoms with van der Waals surface area (Å²) in [5, 5.41) is 22.8. The highest BCUT2D eigenvalue weighted by Crippen LogP contribution is 2.34. The molecule has 0 bridgehead atoms. The second kappa shape index (κ2) is 7.83. The van der Waals surface area contributed by atoms with E-state index in [9.17, 15) is 18.3 Å². The summed E-state index contributed by atoms with van der Waals surface area (Å²) in [6.45, 7) is 0.347. The smallest absolute Gasteiger partial charge is 0.286 e. The maximum Gasteiger partial charge on any atom is 0.286 e. The summed E-state index contributed by atoms with van der Waals surface area (Å²) in [4.78, 5) is 13.2. The van der Waals surface area contributed by atoms with E-state index in [-0.39, 0.29) is 40.1 Å². The average molecular weight is 465 g/mol. The van der Waals surface area contributed by atoms with Crippen LogP contribution in [-0.4, -0.2) is 37.2 Å². The number of anilines is 1. The fourth-order valence-corrected chi connectivity index (χ4v) is 4.83. The van der Waals surface area contributed by atoms with Crippen LogP contribution < -0.4 is 21.0 Å². The van der Waals surface area contributed by atoms with E-state index in [1.165, 1.54) is 22.9 Å². The molecule has 5 rings (SSSR count). The maximum absolute atomic E-state index is 13.4. The molecule has 2 aromatic carbocycles. The Morgan fingerprint density at radius 1 is 1.27 bits per heavy atom. The predicted molar refractivity (Wildman–Crippen MR) is 122 cm³/mol. The van der Waals surface area contributed by atoms with Crippen molar-refractivity contribution in [3.63, 3.8) is 0 Å². The number of hydrogen-bond donors (Lipinski definition) is 3. The highest BCUT2D eigenvalue weighted by molar-refractivity contribution is 7.90. The Balaban J connectivity index is 1.64. The van der Waals surface area contributed by atoms with Crippen LogP contribution in [0.25, 0.3) is 10.9 Å². The molecular weight excluding hydrogens is 446 g/mol. The Morgan fingerprint density at radius 3 is 2.82 bits per heavy atom. The summed E-state index contributed by atoms with van der Waals surface area (Å²) >= 11 is 0. The number of fused-ring (bicyclic) bond motifs is 2. The lowest BCUT2D eigenvalue weighted by molar-refractivity contribution is 0.367. The Bertz CT molecular complexity index is 1520. The largest absolute Gasteiger partial charge is 0.506 e. The zero-order valence-electron chi connectivity index (χ0n) is 17.3. The lowest BCUT2D eigenvalue weighted by atomic mass is 10.1. The summed E-state index contributed by atoms with van der Waals surface area (Å²) < 4.78 is 36.1. The van der Waals surface area contributed by atoms with Gasteiger partial charge in [0.2, 0.25) is 0 Å². The number of aromatic hydroxyl groups is 1. The standard InChI is InChI=1S/C22H19N5O5S/c23-9-10-32-14-7-8-16-18(11-14)33(30,31)26-21(25-16)19-20(28)15-3-1-2-4-17(15)27(22(19)29)24-12-13-5-6-13/h1-4,7-8,11,13,24,28H,5-6,10,12H2,(H,25,26). The molecule has 1 saturated carbocycles. The first-order valence-corrected chi connectivity index (χ1v) is 11.7. The second-order valence-electron chi connectivity index (χ2n) is 7.83. The fourth-order valence-electron chi connectivity index (χ4n) is 3.69. The second-order valence-corrected chi connectivity index (χ2v) is 9.40. The normalized spacial score (nSPS) is 16.3. The number of pyridine rings is 1. The lowest BCUT2D eigenvalue weighted by Crippen LogP contribution is -2.37. The fraction of sp³-hybridized carbons (Fsp3) is 0.227. The number of rotatable bonds is 6. The van der Waals surface area contributed by atoms with Gasteiger partial charge in [0.25, 0.3) is 15.6 Å². The van der Waals surface area contributed by atoms with Gasteiger partial charge in [-0.3, -0.25) is 4.79 Å². The zero-order chi connectivity index (χ0) is 23.2. The van der Waals surface area contributed by atoms with E-state index in [1.807, 2.05) is 6.07 Å². The molecule has 1 aliphatic carbocycles. The molecule has 2 aliphatic rings. The van der Waals surface area contributed by atoms with Gasteiger partial charge in [-0.1, -0.05) is 12.1 Å². The Labute approximate surface area is 188 Å². The summed E-state index contributed by atoms with van der Waals surface area (Å²) in [7, 11) is -4.22. The summed E-state index contributed by atoms with van der Waals surface area (Å²) in [5.74, 6) is 0.0321. The van der Waals surface area contributed by atoms with Crippen LogP contribution in [-0.2, 0) is 10.0 Å². The van der Waals surface area contributed by atoms with Crippen LogP contribution in [0.3, 0.4) is 0 Å². The third kappa shape index (κ3) is 3.74. The van der Waals surface area contributed by atoms with E-state index in [2.05, 4.69) is 15.1 Å². The van der Waals surface area contributed by atoms with Gasteiger partial charge in [0.15, 0.2) is 12.4 Å². The predicted octanol–water partition coefficient (Wildman–Crippen LogP) is 2.12. The van der Waals surface area contributed by atoms with Crippen LogP contribution in [0.1, 0.15) is 18.4 Å². The van der Waals surface area contributed by atoms with Crippen molar-refractivity contribution in [2.75, 3.05) is 23.9 Å². The molecule has 33 heavy (non-hydrogen) atoms. The van der Waals surface area contributed by atoms with Gasteiger partial charge in [-0.25, -0.2) is 4.68 Å². The topological polar surface area (TPSA) is 146 Å². The molecular formula is C22H19N5O5S. The van der Waals surface area contributed by atoms with E-state index in [0.29, 0.717) is 23.4 Å². The quantitative estimate of drug-likeness (QED) is 0.502. The van der Waals surface area contributed by atoms with Crippen LogP contribution in [0, 0.1) is 17.2 Å². The van der Waals surface area contributed by atoms with Gasteiger partial charge in [-0.15, -0.1) is 4.40 Å². The van der Waals surface area contributed by atoms with Gasteiger partial charge in [0, 0.05) is 18.0 Å². The molecule has 0 amide bonds. The minimum absolute atomic E-state index is 0.158. The highest BCUT2D eigenvalue weighted by Gasteiger charge is 2.31. The van der Waals surface area contributed by atoms with Crippen LogP contribution >= 0.6 is 0 Å². The van der Waals surface area contributed by atoms with Crippen molar-refractivity contribution in [2.45, 2.75) is 17.7 Å². The first kappa shape index (κ1) is 20.8. The third-order valence-corrected chi connectivity index (χ3v) is 6.84. The third-order valence-electron chi connectivity index (χ3n) is 5.52. The number of ether oxygens (including phenoxy) is 1. The monoisotopic (exact) mass is 465 g/mol. The Kier molecular flexibility index (Phi) is 4.94. The number of sulfonamides is 1.